The highest BCUT2D eigenvalue weighted by atomic mass is 32.1. The first-order valence-electron chi connectivity index (χ1n) is 6.87. The average Bonchev–Trinajstić information content (AvgIpc) is 2.96. The van der Waals surface area contributed by atoms with Gasteiger partial charge in [-0.05, 0) is 36.8 Å². The van der Waals surface area contributed by atoms with E-state index >= 15 is 0 Å². The van der Waals surface area contributed by atoms with Gasteiger partial charge in [0.05, 0.1) is 6.61 Å². The molecule has 0 amide bonds. The number of hydrogen-bond acceptors (Lipinski definition) is 3. The van der Waals surface area contributed by atoms with Crippen LogP contribution in [0, 0.1) is 5.92 Å². The Morgan fingerprint density at radius 2 is 2.22 bits per heavy atom. The molecule has 3 heteroatoms. The fourth-order valence-electron chi connectivity index (χ4n) is 2.25. The summed E-state index contributed by atoms with van der Waals surface area (Å²) in [7, 11) is 0. The van der Waals surface area contributed by atoms with Crippen LogP contribution in [-0.2, 0) is 16.7 Å². The van der Waals surface area contributed by atoms with Crippen LogP contribution in [0.1, 0.15) is 43.9 Å². The van der Waals surface area contributed by atoms with Gasteiger partial charge in [0.15, 0.2) is 0 Å². The van der Waals surface area contributed by atoms with Crippen molar-refractivity contribution in [2.75, 3.05) is 13.2 Å². The van der Waals surface area contributed by atoms with E-state index in [1.165, 1.54) is 16.2 Å². The van der Waals surface area contributed by atoms with E-state index in [0.717, 1.165) is 19.8 Å². The van der Waals surface area contributed by atoms with Crippen molar-refractivity contribution < 1.29 is 4.74 Å². The minimum Gasteiger partial charge on any atom is -0.381 e. The summed E-state index contributed by atoms with van der Waals surface area (Å²) >= 11 is 1.93. The summed E-state index contributed by atoms with van der Waals surface area (Å²) in [5.41, 5.74) is 0.272. The molecule has 0 spiro atoms. The smallest absolute Gasteiger partial charge is 0.0509 e. The molecule has 18 heavy (non-hydrogen) atoms. The second-order valence-corrected chi connectivity index (χ2v) is 7.48. The summed E-state index contributed by atoms with van der Waals surface area (Å²) in [5.74, 6) is 0.687. The van der Waals surface area contributed by atoms with Gasteiger partial charge in [0, 0.05) is 28.9 Å². The highest BCUT2D eigenvalue weighted by molar-refractivity contribution is 7.12. The van der Waals surface area contributed by atoms with Crippen molar-refractivity contribution in [3.05, 3.63) is 21.9 Å². The average molecular weight is 267 g/mol. The van der Waals surface area contributed by atoms with Crippen molar-refractivity contribution in [3.63, 3.8) is 0 Å². The molecule has 2 heterocycles. The van der Waals surface area contributed by atoms with Crippen molar-refractivity contribution >= 4 is 11.3 Å². The lowest BCUT2D eigenvalue weighted by molar-refractivity contribution is 0.178. The molecule has 1 aromatic heterocycles. The minimum atomic E-state index is 0.272. The highest BCUT2D eigenvalue weighted by Crippen LogP contribution is 2.29. The van der Waals surface area contributed by atoms with Crippen LogP contribution < -0.4 is 5.32 Å². The lowest BCUT2D eigenvalue weighted by atomic mass is 9.95. The molecule has 0 radical (unpaired) electrons. The molecule has 1 aromatic rings. The number of nitrogens with one attached hydrogen (secondary N) is 1. The van der Waals surface area contributed by atoms with Crippen LogP contribution in [0.15, 0.2) is 12.1 Å². The Kier molecular flexibility index (Phi) is 4.46. The largest absolute Gasteiger partial charge is 0.381 e. The van der Waals surface area contributed by atoms with Crippen LogP contribution in [0.4, 0.5) is 0 Å². The molecule has 2 atom stereocenters. The molecule has 2 unspecified atom stereocenters. The summed E-state index contributed by atoms with van der Waals surface area (Å²) in [5, 5.41) is 3.64. The molecule has 2 rings (SSSR count). The zero-order valence-corrected chi connectivity index (χ0v) is 12.8. The zero-order valence-electron chi connectivity index (χ0n) is 12.0. The van der Waals surface area contributed by atoms with E-state index in [-0.39, 0.29) is 5.41 Å². The second-order valence-electron chi connectivity index (χ2n) is 6.31. The van der Waals surface area contributed by atoms with Gasteiger partial charge in [-0.3, -0.25) is 0 Å². The molecule has 0 saturated carbocycles. The molecule has 0 aromatic carbocycles. The predicted molar refractivity (Wildman–Crippen MR) is 78.2 cm³/mol. The van der Waals surface area contributed by atoms with E-state index in [1.54, 1.807) is 0 Å². The van der Waals surface area contributed by atoms with E-state index in [2.05, 4.69) is 45.1 Å². The Morgan fingerprint density at radius 1 is 1.44 bits per heavy atom. The lowest BCUT2D eigenvalue weighted by Gasteiger charge is -2.19. The third-order valence-corrected chi connectivity index (χ3v) is 5.18. The van der Waals surface area contributed by atoms with Gasteiger partial charge in [-0.2, -0.15) is 0 Å². The quantitative estimate of drug-likeness (QED) is 0.900. The Balaban J connectivity index is 1.84. The van der Waals surface area contributed by atoms with Crippen LogP contribution in [0.5, 0.6) is 0 Å². The van der Waals surface area contributed by atoms with Crippen molar-refractivity contribution in [2.24, 2.45) is 5.92 Å². The first-order chi connectivity index (χ1) is 8.47. The normalized spacial score (nSPS) is 22.3. The Labute approximate surface area is 115 Å². The first kappa shape index (κ1) is 14.0. The van der Waals surface area contributed by atoms with Crippen molar-refractivity contribution in [3.8, 4) is 0 Å². The fourth-order valence-corrected chi connectivity index (χ4v) is 3.27. The zero-order chi connectivity index (χ0) is 13.2. The summed E-state index contributed by atoms with van der Waals surface area (Å²) in [6, 6.07) is 5.08. The maximum Gasteiger partial charge on any atom is 0.0509 e. The van der Waals surface area contributed by atoms with Gasteiger partial charge in [-0.15, -0.1) is 11.3 Å². The van der Waals surface area contributed by atoms with E-state index in [0.29, 0.717) is 12.0 Å². The molecule has 1 aliphatic heterocycles. The van der Waals surface area contributed by atoms with E-state index in [1.807, 2.05) is 11.3 Å². The van der Waals surface area contributed by atoms with Crippen molar-refractivity contribution in [1.82, 2.24) is 5.32 Å². The standard InChI is InChI=1S/C15H25NOS/c1-11(12-7-8-17-10-12)16-9-13-5-6-14(18-13)15(2,3)4/h5-6,11-12,16H,7-10H2,1-4H3. The topological polar surface area (TPSA) is 21.3 Å². The van der Waals surface area contributed by atoms with Gasteiger partial charge in [0.2, 0.25) is 0 Å². The van der Waals surface area contributed by atoms with E-state index < -0.39 is 0 Å². The maximum absolute atomic E-state index is 5.44. The third kappa shape index (κ3) is 3.56. The molecule has 1 N–H and O–H groups in total. The molecule has 1 aliphatic rings. The van der Waals surface area contributed by atoms with Gasteiger partial charge in [-0.1, -0.05) is 20.8 Å². The van der Waals surface area contributed by atoms with Gasteiger partial charge in [0.25, 0.3) is 0 Å². The van der Waals surface area contributed by atoms with E-state index in [9.17, 15) is 0 Å². The molecule has 0 aliphatic carbocycles. The minimum absolute atomic E-state index is 0.272. The first-order valence-corrected chi connectivity index (χ1v) is 7.69. The van der Waals surface area contributed by atoms with Crippen LogP contribution in [0.25, 0.3) is 0 Å². The molecular formula is C15H25NOS. The Morgan fingerprint density at radius 3 is 2.78 bits per heavy atom. The van der Waals surface area contributed by atoms with Crippen LogP contribution in [0.3, 0.4) is 0 Å². The maximum atomic E-state index is 5.44. The molecule has 1 fully saturated rings. The van der Waals surface area contributed by atoms with Gasteiger partial charge in [0.1, 0.15) is 0 Å². The van der Waals surface area contributed by atoms with Crippen molar-refractivity contribution in [2.45, 2.75) is 52.1 Å². The molecular weight excluding hydrogens is 242 g/mol. The summed E-state index contributed by atoms with van der Waals surface area (Å²) in [6.07, 6.45) is 1.20. The van der Waals surface area contributed by atoms with Gasteiger partial charge < -0.3 is 10.1 Å². The predicted octanol–water partition coefficient (Wildman–Crippen LogP) is 3.56. The van der Waals surface area contributed by atoms with Crippen LogP contribution >= 0.6 is 11.3 Å². The monoisotopic (exact) mass is 267 g/mol. The molecule has 1 saturated heterocycles. The molecule has 102 valence electrons. The van der Waals surface area contributed by atoms with Crippen LogP contribution in [-0.4, -0.2) is 19.3 Å². The fraction of sp³-hybridized carbons (Fsp3) is 0.733. The number of rotatable bonds is 4. The SMILES string of the molecule is CC(NCc1ccc(C(C)(C)C)s1)C1CCOC1. The second kappa shape index (κ2) is 5.72. The molecule has 2 nitrogen and oxygen atoms in total. The number of ether oxygens (including phenoxy) is 1. The van der Waals surface area contributed by atoms with Gasteiger partial charge >= 0.3 is 0 Å². The number of hydrogen-bond donors (Lipinski definition) is 1. The summed E-state index contributed by atoms with van der Waals surface area (Å²) < 4.78 is 5.44. The Bertz CT molecular complexity index is 374. The summed E-state index contributed by atoms with van der Waals surface area (Å²) in [6.45, 7) is 11.9. The lowest BCUT2D eigenvalue weighted by Crippen LogP contribution is -2.33. The number of thiophene rings is 1. The third-order valence-electron chi connectivity index (χ3n) is 3.67. The summed E-state index contributed by atoms with van der Waals surface area (Å²) in [4.78, 5) is 2.90. The Hall–Kier alpha value is -0.380. The molecule has 0 bridgehead atoms. The van der Waals surface area contributed by atoms with Crippen molar-refractivity contribution in [1.29, 1.82) is 0 Å². The van der Waals surface area contributed by atoms with Crippen LogP contribution in [0.2, 0.25) is 0 Å². The van der Waals surface area contributed by atoms with Gasteiger partial charge in [-0.25, -0.2) is 0 Å². The van der Waals surface area contributed by atoms with E-state index in [4.69, 9.17) is 4.74 Å². The highest BCUT2D eigenvalue weighted by Gasteiger charge is 2.22.